The van der Waals surface area contributed by atoms with Crippen LogP contribution >= 0.6 is 0 Å². The average Bonchev–Trinajstić information content (AvgIpc) is 2.91. The zero-order valence-corrected chi connectivity index (χ0v) is 10.3. The number of alkyl carbamates (subject to hydrolysis) is 1. The van der Waals surface area contributed by atoms with Gasteiger partial charge in [0.25, 0.3) is 0 Å². The monoisotopic (exact) mass is 245 g/mol. The van der Waals surface area contributed by atoms with Gasteiger partial charge in [-0.2, -0.15) is 0 Å². The molecule has 6 heteroatoms. The minimum Gasteiger partial charge on any atom is -0.479 e. The number of nitrogens with one attached hydrogen (secondary N) is 1. The number of aliphatic hydroxyl groups excluding tert-OH is 1. The molecule has 1 aliphatic rings. The molecule has 0 radical (unpaired) electrons. The number of hydrogen-bond acceptors (Lipinski definition) is 4. The van der Waals surface area contributed by atoms with E-state index in [-0.39, 0.29) is 6.54 Å². The van der Waals surface area contributed by atoms with E-state index in [1.807, 2.05) is 0 Å². The third-order valence-electron chi connectivity index (χ3n) is 2.69. The Bertz CT molecular complexity index is 316. The van der Waals surface area contributed by atoms with Crippen LogP contribution in [0.4, 0.5) is 4.79 Å². The summed E-state index contributed by atoms with van der Waals surface area (Å²) >= 11 is 0. The van der Waals surface area contributed by atoms with Crippen molar-refractivity contribution in [2.45, 2.75) is 45.3 Å². The molecule has 0 bridgehead atoms. The molecule has 3 N–H and O–H groups in total. The van der Waals surface area contributed by atoms with Crippen molar-refractivity contribution in [1.82, 2.24) is 5.32 Å². The van der Waals surface area contributed by atoms with Crippen molar-refractivity contribution >= 4 is 12.1 Å². The number of carbonyl (C=O) groups is 2. The molecule has 1 saturated carbocycles. The van der Waals surface area contributed by atoms with Crippen LogP contribution in [0.3, 0.4) is 0 Å². The van der Waals surface area contributed by atoms with Crippen molar-refractivity contribution in [2.24, 2.45) is 5.41 Å². The lowest BCUT2D eigenvalue weighted by Crippen LogP contribution is -2.42. The highest BCUT2D eigenvalue weighted by Gasteiger charge is 2.52. The molecule has 0 saturated heterocycles. The number of rotatable bonds is 4. The molecule has 0 heterocycles. The second-order valence-electron chi connectivity index (χ2n) is 5.46. The van der Waals surface area contributed by atoms with E-state index in [1.54, 1.807) is 20.8 Å². The van der Waals surface area contributed by atoms with Crippen LogP contribution in [-0.2, 0) is 9.53 Å². The molecule has 0 aromatic rings. The van der Waals surface area contributed by atoms with E-state index in [0.29, 0.717) is 12.8 Å². The highest BCUT2D eigenvalue weighted by molar-refractivity contribution is 5.74. The van der Waals surface area contributed by atoms with Crippen LogP contribution in [-0.4, -0.2) is 40.5 Å². The fourth-order valence-corrected chi connectivity index (χ4v) is 1.53. The lowest BCUT2D eigenvalue weighted by atomic mass is 9.99. The van der Waals surface area contributed by atoms with Crippen molar-refractivity contribution in [1.29, 1.82) is 0 Å². The summed E-state index contributed by atoms with van der Waals surface area (Å²) < 4.78 is 5.02. The smallest absolute Gasteiger partial charge is 0.407 e. The molecule has 1 unspecified atom stereocenters. The molecular formula is C11H19NO5. The molecule has 0 spiro atoms. The number of hydrogen-bond donors (Lipinski definition) is 3. The number of carboxylic acid groups (broad SMARTS) is 1. The molecule has 1 aliphatic carbocycles. The maximum atomic E-state index is 11.4. The lowest BCUT2D eigenvalue weighted by Gasteiger charge is -2.22. The largest absolute Gasteiger partial charge is 0.479 e. The van der Waals surface area contributed by atoms with Gasteiger partial charge in [0.15, 0.2) is 6.10 Å². The predicted octanol–water partition coefficient (Wildman–Crippen LogP) is 0.737. The third kappa shape index (κ3) is 3.89. The molecule has 17 heavy (non-hydrogen) atoms. The molecule has 98 valence electrons. The first-order chi connectivity index (χ1) is 7.66. The van der Waals surface area contributed by atoms with E-state index in [1.165, 1.54) is 0 Å². The highest BCUT2D eigenvalue weighted by Crippen LogP contribution is 2.48. The highest BCUT2D eigenvalue weighted by atomic mass is 16.6. The Labute approximate surface area is 100.0 Å². The summed E-state index contributed by atoms with van der Waals surface area (Å²) in [6.45, 7) is 5.35. The summed E-state index contributed by atoms with van der Waals surface area (Å²) in [6.07, 6.45) is -0.842. The van der Waals surface area contributed by atoms with Crippen molar-refractivity contribution in [3.8, 4) is 0 Å². The number of ether oxygens (including phenoxy) is 1. The molecule has 6 nitrogen and oxygen atoms in total. The fraction of sp³-hybridized carbons (Fsp3) is 0.818. The van der Waals surface area contributed by atoms with E-state index < -0.39 is 29.2 Å². The second-order valence-corrected chi connectivity index (χ2v) is 5.46. The first-order valence-corrected chi connectivity index (χ1v) is 5.54. The van der Waals surface area contributed by atoms with Crippen LogP contribution in [0.15, 0.2) is 0 Å². The Kier molecular flexibility index (Phi) is 3.66. The Balaban J connectivity index is 2.41. The van der Waals surface area contributed by atoms with Crippen molar-refractivity contribution in [3.63, 3.8) is 0 Å². The number of aliphatic carboxylic acids is 1. The summed E-state index contributed by atoms with van der Waals surface area (Å²) in [4.78, 5) is 22.0. The zero-order chi connectivity index (χ0) is 13.3. The van der Waals surface area contributed by atoms with Gasteiger partial charge in [0.1, 0.15) is 5.60 Å². The summed E-state index contributed by atoms with van der Waals surface area (Å²) in [5.74, 6) is -1.26. The number of carbonyl (C=O) groups excluding carboxylic acids is 1. The Hall–Kier alpha value is -1.30. The predicted molar refractivity (Wildman–Crippen MR) is 59.5 cm³/mol. The fourth-order valence-electron chi connectivity index (χ4n) is 1.53. The first-order valence-electron chi connectivity index (χ1n) is 5.54. The van der Waals surface area contributed by atoms with Crippen LogP contribution in [0.25, 0.3) is 0 Å². The van der Waals surface area contributed by atoms with Crippen LogP contribution in [0.1, 0.15) is 33.6 Å². The lowest BCUT2D eigenvalue weighted by molar-refractivity contribution is -0.150. The molecule has 0 aromatic heterocycles. The minimum atomic E-state index is -1.43. The molecular weight excluding hydrogens is 226 g/mol. The molecule has 1 fully saturated rings. The standard InChI is InChI=1S/C11H19NO5/c1-10(2,3)17-9(16)12-6-11(4-5-11)7(13)8(14)15/h7,13H,4-6H2,1-3H3,(H,12,16)(H,14,15). The molecule has 1 atom stereocenters. The van der Waals surface area contributed by atoms with Crippen LogP contribution in [0.5, 0.6) is 0 Å². The van der Waals surface area contributed by atoms with E-state index in [4.69, 9.17) is 9.84 Å². The van der Waals surface area contributed by atoms with Gasteiger partial charge in [0, 0.05) is 12.0 Å². The van der Waals surface area contributed by atoms with Gasteiger partial charge in [-0.05, 0) is 33.6 Å². The van der Waals surface area contributed by atoms with Gasteiger partial charge in [-0.1, -0.05) is 0 Å². The molecule has 0 aromatic carbocycles. The molecule has 1 rings (SSSR count). The average molecular weight is 245 g/mol. The van der Waals surface area contributed by atoms with Crippen molar-refractivity contribution in [2.75, 3.05) is 6.54 Å². The maximum absolute atomic E-state index is 11.4. The molecule has 0 aliphatic heterocycles. The maximum Gasteiger partial charge on any atom is 0.407 e. The molecule has 1 amide bonds. The summed E-state index contributed by atoms with van der Waals surface area (Å²) in [5, 5.41) is 20.7. The zero-order valence-electron chi connectivity index (χ0n) is 10.3. The summed E-state index contributed by atoms with van der Waals surface area (Å²) in [6, 6.07) is 0. The van der Waals surface area contributed by atoms with Gasteiger partial charge in [0.05, 0.1) is 0 Å². The van der Waals surface area contributed by atoms with Crippen molar-refractivity contribution < 1.29 is 24.5 Å². The quantitative estimate of drug-likeness (QED) is 0.678. The van der Waals surface area contributed by atoms with Gasteiger partial charge < -0.3 is 20.3 Å². The second kappa shape index (κ2) is 4.52. The van der Waals surface area contributed by atoms with Gasteiger partial charge in [-0.15, -0.1) is 0 Å². The number of amides is 1. The van der Waals surface area contributed by atoms with Crippen LogP contribution in [0.2, 0.25) is 0 Å². The minimum absolute atomic E-state index is 0.120. The number of carboxylic acids is 1. The normalized spacial score (nSPS) is 19.3. The topological polar surface area (TPSA) is 95.9 Å². The van der Waals surface area contributed by atoms with Gasteiger partial charge >= 0.3 is 12.1 Å². The Morgan fingerprint density at radius 2 is 1.94 bits per heavy atom. The number of aliphatic hydroxyl groups is 1. The van der Waals surface area contributed by atoms with E-state index in [0.717, 1.165) is 0 Å². The summed E-state index contributed by atoms with van der Waals surface area (Å²) in [5.41, 5.74) is -1.31. The van der Waals surface area contributed by atoms with Crippen LogP contribution < -0.4 is 5.32 Å². The Morgan fingerprint density at radius 3 is 2.29 bits per heavy atom. The van der Waals surface area contributed by atoms with Gasteiger partial charge in [-0.3, -0.25) is 0 Å². The van der Waals surface area contributed by atoms with E-state index >= 15 is 0 Å². The first kappa shape index (κ1) is 13.8. The van der Waals surface area contributed by atoms with E-state index in [9.17, 15) is 14.7 Å². The van der Waals surface area contributed by atoms with Crippen LogP contribution in [0, 0.1) is 5.41 Å². The van der Waals surface area contributed by atoms with E-state index in [2.05, 4.69) is 5.32 Å². The third-order valence-corrected chi connectivity index (χ3v) is 2.69. The van der Waals surface area contributed by atoms with Crippen molar-refractivity contribution in [3.05, 3.63) is 0 Å². The Morgan fingerprint density at radius 1 is 1.41 bits per heavy atom. The van der Waals surface area contributed by atoms with Gasteiger partial charge in [0.2, 0.25) is 0 Å². The van der Waals surface area contributed by atoms with Gasteiger partial charge in [-0.25, -0.2) is 9.59 Å². The SMILES string of the molecule is CC(C)(C)OC(=O)NCC1(C(O)C(=O)O)CC1. The summed E-state index contributed by atoms with van der Waals surface area (Å²) in [7, 11) is 0.